The Morgan fingerprint density at radius 1 is 0.880 bits per heavy atom. The molecule has 1 heterocycles. The molecule has 0 unspecified atom stereocenters. The molecule has 1 fully saturated rings. The fraction of sp³-hybridized carbons (Fsp3) is 0. The van der Waals surface area contributed by atoms with Crippen molar-refractivity contribution in [2.24, 2.45) is 0 Å². The Kier molecular flexibility index (Phi) is 3.47. The third-order valence-electron chi connectivity index (χ3n) is 4.12. The van der Waals surface area contributed by atoms with Crippen LogP contribution in [-0.4, -0.2) is 17.0 Å². The first-order chi connectivity index (χ1) is 12.1. The summed E-state index contributed by atoms with van der Waals surface area (Å²) in [5.41, 5.74) is 1.12. The minimum Gasteiger partial charge on any atom is -0.507 e. The van der Waals surface area contributed by atoms with Gasteiger partial charge in [0.2, 0.25) is 0 Å². The molecule has 0 bridgehead atoms. The predicted octanol–water partition coefficient (Wildman–Crippen LogP) is 3.64. The number of nitrogens with one attached hydrogen (secondary N) is 1. The number of amides is 3. The number of carbonyl (C=O) groups excluding carboxylic acids is 2. The van der Waals surface area contributed by atoms with Gasteiger partial charge in [-0.2, -0.15) is 0 Å². The number of hydrogen-bond acceptors (Lipinski definition) is 3. The Bertz CT molecular complexity index is 1030. The van der Waals surface area contributed by atoms with Gasteiger partial charge in [0.05, 0.1) is 5.69 Å². The lowest BCUT2D eigenvalue weighted by Gasteiger charge is -2.14. The molecule has 4 rings (SSSR count). The first-order valence-corrected chi connectivity index (χ1v) is 7.78. The standard InChI is InChI=1S/C20H14N2O3/c23-18-11-4-2-7-14(18)12-16-19(24)22(20(25)21-16)17-10-5-8-13-6-1-3-9-15(13)17/h1-12,23H,(H,21,25). The molecule has 3 aromatic carbocycles. The quantitative estimate of drug-likeness (QED) is 0.557. The lowest BCUT2D eigenvalue weighted by atomic mass is 10.1. The number of rotatable bonds is 2. The lowest BCUT2D eigenvalue weighted by Crippen LogP contribution is -2.30. The summed E-state index contributed by atoms with van der Waals surface area (Å²) in [5, 5.41) is 14.2. The molecule has 1 aliphatic rings. The average Bonchev–Trinajstić information content (AvgIpc) is 2.90. The van der Waals surface area contributed by atoms with E-state index in [1.165, 1.54) is 12.1 Å². The molecule has 0 spiro atoms. The van der Waals surface area contributed by atoms with Crippen molar-refractivity contribution in [2.75, 3.05) is 4.90 Å². The number of nitrogens with zero attached hydrogens (tertiary/aromatic N) is 1. The van der Waals surface area contributed by atoms with Crippen LogP contribution in [0, 0.1) is 0 Å². The monoisotopic (exact) mass is 330 g/mol. The van der Waals surface area contributed by atoms with Gasteiger partial charge in [-0.25, -0.2) is 9.69 Å². The highest BCUT2D eigenvalue weighted by atomic mass is 16.3. The van der Waals surface area contributed by atoms with Gasteiger partial charge in [0, 0.05) is 10.9 Å². The van der Waals surface area contributed by atoms with Crippen LogP contribution in [0.25, 0.3) is 16.8 Å². The maximum absolute atomic E-state index is 12.8. The van der Waals surface area contributed by atoms with Gasteiger partial charge in [-0.15, -0.1) is 0 Å². The van der Waals surface area contributed by atoms with E-state index < -0.39 is 11.9 Å². The van der Waals surface area contributed by atoms with Crippen molar-refractivity contribution in [1.82, 2.24) is 5.32 Å². The van der Waals surface area contributed by atoms with Crippen LogP contribution < -0.4 is 10.2 Å². The molecule has 0 atom stereocenters. The molecule has 3 amide bonds. The number of aromatic hydroxyl groups is 1. The fourth-order valence-electron chi connectivity index (χ4n) is 2.92. The second-order valence-electron chi connectivity index (χ2n) is 5.69. The zero-order valence-corrected chi connectivity index (χ0v) is 13.1. The summed E-state index contributed by atoms with van der Waals surface area (Å²) in [6, 6.07) is 19.2. The van der Waals surface area contributed by atoms with Crippen molar-refractivity contribution in [2.45, 2.75) is 0 Å². The largest absolute Gasteiger partial charge is 0.507 e. The van der Waals surface area contributed by atoms with Crippen LogP contribution >= 0.6 is 0 Å². The minimum atomic E-state index is -0.511. The molecule has 2 N–H and O–H groups in total. The molecule has 1 saturated heterocycles. The van der Waals surface area contributed by atoms with Gasteiger partial charge in [0.15, 0.2) is 0 Å². The molecule has 1 aliphatic heterocycles. The topological polar surface area (TPSA) is 69.6 Å². The zero-order valence-electron chi connectivity index (χ0n) is 13.1. The fourth-order valence-corrected chi connectivity index (χ4v) is 2.92. The highest BCUT2D eigenvalue weighted by Gasteiger charge is 2.35. The van der Waals surface area contributed by atoms with Crippen LogP contribution in [0.1, 0.15) is 5.56 Å². The molecular weight excluding hydrogens is 316 g/mol. The van der Waals surface area contributed by atoms with Gasteiger partial charge < -0.3 is 10.4 Å². The van der Waals surface area contributed by atoms with Crippen LogP contribution in [0.3, 0.4) is 0 Å². The van der Waals surface area contributed by atoms with Crippen molar-refractivity contribution < 1.29 is 14.7 Å². The number of fused-ring (bicyclic) bond motifs is 1. The Labute approximate surface area is 143 Å². The van der Waals surface area contributed by atoms with Gasteiger partial charge in [0.1, 0.15) is 11.4 Å². The van der Waals surface area contributed by atoms with E-state index in [0.717, 1.165) is 15.7 Å². The number of carbonyl (C=O) groups is 2. The van der Waals surface area contributed by atoms with Crippen LogP contribution in [0.4, 0.5) is 10.5 Å². The first kappa shape index (κ1) is 15.0. The van der Waals surface area contributed by atoms with Crippen LogP contribution in [0.2, 0.25) is 0 Å². The predicted molar refractivity (Wildman–Crippen MR) is 96.0 cm³/mol. The second-order valence-corrected chi connectivity index (χ2v) is 5.69. The van der Waals surface area contributed by atoms with Gasteiger partial charge in [-0.05, 0) is 23.6 Å². The van der Waals surface area contributed by atoms with E-state index in [2.05, 4.69) is 5.32 Å². The maximum atomic E-state index is 12.8. The van der Waals surface area contributed by atoms with Gasteiger partial charge in [-0.3, -0.25) is 4.79 Å². The summed E-state index contributed by atoms with van der Waals surface area (Å²) >= 11 is 0. The molecule has 0 radical (unpaired) electrons. The summed E-state index contributed by atoms with van der Waals surface area (Å²) in [4.78, 5) is 26.3. The normalized spacial score (nSPS) is 15.8. The summed E-state index contributed by atoms with van der Waals surface area (Å²) in [7, 11) is 0. The molecule has 122 valence electrons. The third-order valence-corrected chi connectivity index (χ3v) is 4.12. The van der Waals surface area contributed by atoms with E-state index in [-0.39, 0.29) is 11.4 Å². The minimum absolute atomic E-state index is 0.0423. The molecule has 0 aliphatic carbocycles. The van der Waals surface area contributed by atoms with Crippen molar-refractivity contribution in [1.29, 1.82) is 0 Å². The molecule has 25 heavy (non-hydrogen) atoms. The summed E-state index contributed by atoms with van der Waals surface area (Å²) in [6.45, 7) is 0. The second kappa shape index (κ2) is 5.79. The SMILES string of the molecule is O=C1NC(=Cc2ccccc2O)C(=O)N1c1cccc2ccccc12. The molecule has 5 nitrogen and oxygen atoms in total. The Morgan fingerprint density at radius 3 is 2.44 bits per heavy atom. The van der Waals surface area contributed by atoms with E-state index in [4.69, 9.17) is 0 Å². The van der Waals surface area contributed by atoms with Gasteiger partial charge in [-0.1, -0.05) is 54.6 Å². The van der Waals surface area contributed by atoms with Crippen LogP contribution in [0.5, 0.6) is 5.75 Å². The number of para-hydroxylation sites is 1. The van der Waals surface area contributed by atoms with E-state index in [9.17, 15) is 14.7 Å². The summed E-state index contributed by atoms with van der Waals surface area (Å²) in [5.74, 6) is -0.412. The van der Waals surface area contributed by atoms with E-state index in [1.54, 1.807) is 24.3 Å². The zero-order chi connectivity index (χ0) is 17.4. The van der Waals surface area contributed by atoms with Crippen molar-refractivity contribution in [3.8, 4) is 5.75 Å². The van der Waals surface area contributed by atoms with E-state index >= 15 is 0 Å². The van der Waals surface area contributed by atoms with Crippen LogP contribution in [-0.2, 0) is 4.79 Å². The lowest BCUT2D eigenvalue weighted by molar-refractivity contribution is -0.113. The number of imide groups is 1. The summed E-state index contributed by atoms with van der Waals surface area (Å²) in [6.07, 6.45) is 1.47. The number of urea groups is 1. The smallest absolute Gasteiger partial charge is 0.333 e. The number of hydrogen-bond donors (Lipinski definition) is 2. The number of phenolic OH excluding ortho intramolecular Hbond substituents is 1. The third kappa shape index (κ3) is 2.52. The first-order valence-electron chi connectivity index (χ1n) is 7.78. The van der Waals surface area contributed by atoms with Gasteiger partial charge in [0.25, 0.3) is 5.91 Å². The molecule has 5 heteroatoms. The summed E-state index contributed by atoms with van der Waals surface area (Å²) < 4.78 is 0. The average molecular weight is 330 g/mol. The van der Waals surface area contributed by atoms with Crippen LogP contribution in [0.15, 0.2) is 72.4 Å². The number of benzene rings is 3. The van der Waals surface area contributed by atoms with Crippen molar-refractivity contribution in [3.63, 3.8) is 0 Å². The van der Waals surface area contributed by atoms with E-state index in [1.807, 2.05) is 36.4 Å². The Morgan fingerprint density at radius 2 is 1.60 bits per heavy atom. The molecule has 0 saturated carbocycles. The van der Waals surface area contributed by atoms with E-state index in [0.29, 0.717) is 11.3 Å². The highest BCUT2D eigenvalue weighted by molar-refractivity contribution is 6.30. The Balaban J connectivity index is 1.79. The van der Waals surface area contributed by atoms with Crippen molar-refractivity contribution in [3.05, 3.63) is 78.0 Å². The molecule has 0 aromatic heterocycles. The maximum Gasteiger partial charge on any atom is 0.333 e. The number of anilines is 1. The number of phenols is 1. The highest BCUT2D eigenvalue weighted by Crippen LogP contribution is 2.30. The van der Waals surface area contributed by atoms with Gasteiger partial charge >= 0.3 is 6.03 Å². The molecule has 3 aromatic rings. The van der Waals surface area contributed by atoms with Crippen molar-refractivity contribution >= 4 is 34.5 Å². The molecular formula is C20H14N2O3. The Hall–Kier alpha value is -3.60.